The Morgan fingerprint density at radius 1 is 1.06 bits per heavy atom. The number of hydrogen-bond acceptors (Lipinski definition) is 1. The summed E-state index contributed by atoms with van der Waals surface area (Å²) in [7, 11) is -8.55. The summed E-state index contributed by atoms with van der Waals surface area (Å²) in [5, 5.41) is 8.43. The van der Waals surface area contributed by atoms with Crippen LogP contribution in [0.4, 0.5) is 26.7 Å². The second kappa shape index (κ2) is 5.82. The molecule has 0 aliphatic rings. The first-order valence-electron chi connectivity index (χ1n) is 4.01. The molecule has 0 radical (unpaired) electrons. The Morgan fingerprint density at radius 2 is 1.47 bits per heavy atom. The zero-order valence-electron chi connectivity index (χ0n) is 8.84. The maximum atomic E-state index is 9.84. The first-order valence-corrected chi connectivity index (χ1v) is 5.70. The van der Waals surface area contributed by atoms with Gasteiger partial charge < -0.3 is 4.70 Å². The van der Waals surface area contributed by atoms with Gasteiger partial charge >= 0.3 is 34.8 Å². The van der Waals surface area contributed by atoms with E-state index in [0.717, 1.165) is 5.56 Å². The summed E-state index contributed by atoms with van der Waals surface area (Å²) < 4.78 is 49.2. The molecule has 1 rings (SSSR count). The number of nitrogens with zero attached hydrogens (tertiary/aromatic N) is 2. The van der Waals surface area contributed by atoms with Crippen LogP contribution in [0.1, 0.15) is 11.1 Å². The molecular weight excluding hydrogens is 269 g/mol. The molecule has 0 unspecified atom stereocenters. The van der Waals surface area contributed by atoms with Gasteiger partial charge in [-0.2, -0.15) is 0 Å². The Morgan fingerprint density at radius 3 is 1.76 bits per heavy atom. The fourth-order valence-electron chi connectivity index (χ4n) is 0.918. The van der Waals surface area contributed by atoms with Crippen molar-refractivity contribution in [2.45, 2.75) is 13.8 Å². The summed E-state index contributed by atoms with van der Waals surface area (Å²) >= 11 is 0. The molecule has 0 spiro atoms. The van der Waals surface area contributed by atoms with Crippen LogP contribution in [0.25, 0.3) is 4.98 Å². The van der Waals surface area contributed by atoms with Gasteiger partial charge in [0.25, 0.3) is 0 Å². The van der Waals surface area contributed by atoms with Crippen molar-refractivity contribution in [3.05, 3.63) is 34.3 Å². The number of hydrogen-bond donors (Lipinski definition) is 0. The van der Waals surface area contributed by atoms with Gasteiger partial charge in [-0.15, -0.1) is 0 Å². The second-order valence-corrected chi connectivity index (χ2v) is 4.31. The molecule has 1 aromatic rings. The minimum Gasteiger partial charge on any atom is -1.00 e. The second-order valence-electron chi connectivity index (χ2n) is 3.03. The van der Waals surface area contributed by atoms with E-state index in [1.165, 1.54) is 5.56 Å². The molecule has 98 valence electrons. The van der Waals surface area contributed by atoms with E-state index < -0.39 is 8.16 Å². The first-order chi connectivity index (χ1) is 6.97. The van der Waals surface area contributed by atoms with Gasteiger partial charge in [0.05, 0.1) is 0 Å². The quantitative estimate of drug-likeness (QED) is 0.407. The molecule has 0 heterocycles. The van der Waals surface area contributed by atoms with E-state index in [0.29, 0.717) is 5.69 Å². The Kier molecular flexibility index (Phi) is 6.18. The summed E-state index contributed by atoms with van der Waals surface area (Å²) in [5.74, 6) is 0. The van der Waals surface area contributed by atoms with Gasteiger partial charge in [0, 0.05) is 11.6 Å². The van der Waals surface area contributed by atoms with Crippen molar-refractivity contribution in [2.24, 2.45) is 0 Å². The number of rotatable bonds is 0. The molecule has 0 atom stereocenters. The van der Waals surface area contributed by atoms with Gasteiger partial charge in [0.1, 0.15) is 0 Å². The molecule has 17 heavy (non-hydrogen) atoms. The van der Waals surface area contributed by atoms with Crippen LogP contribution in [-0.4, -0.2) is 0 Å². The third-order valence-electron chi connectivity index (χ3n) is 1.46. The average Bonchev–Trinajstić information content (AvgIpc) is 1.99. The van der Waals surface area contributed by atoms with Crippen LogP contribution in [0, 0.1) is 19.2 Å². The monoisotopic (exact) mass is 278 g/mol. The predicted octanol–water partition coefficient (Wildman–Crippen LogP) is 2.75. The van der Waals surface area contributed by atoms with Gasteiger partial charge in [0.2, 0.25) is 5.39 Å². The Hall–Kier alpha value is -1.35. The maximum absolute atomic E-state index is 9.84. The fraction of sp³-hybridized carbons (Fsp3) is 0.250. The average molecular weight is 278 g/mol. The van der Waals surface area contributed by atoms with E-state index in [2.05, 4.69) is 4.98 Å². The van der Waals surface area contributed by atoms with Gasteiger partial charge in [0.15, 0.2) is 4.98 Å². The molecule has 0 aliphatic heterocycles. The molecule has 9 heteroatoms. The summed E-state index contributed by atoms with van der Waals surface area (Å²) in [6.45, 7) is 3.93. The molecule has 0 aliphatic carbocycles. The molecule has 0 fully saturated rings. The molecular formula is C8H9F6N2P. The van der Waals surface area contributed by atoms with E-state index in [9.17, 15) is 21.0 Å². The van der Waals surface area contributed by atoms with Gasteiger partial charge in [-0.05, 0) is 19.9 Å². The van der Waals surface area contributed by atoms with Crippen LogP contribution in [0.3, 0.4) is 0 Å². The zero-order valence-corrected chi connectivity index (χ0v) is 9.74. The standard InChI is InChI=1S/C8H9N2.F5P.FH/c1-6-3-4-8(10-9)7(2)5-6;1-6(2,3,4)5;/h3-5H,1-2H3;;1H/q+1;;/p-1. The van der Waals surface area contributed by atoms with Crippen molar-refractivity contribution < 1.29 is 25.7 Å². The third-order valence-corrected chi connectivity index (χ3v) is 1.46. The predicted molar refractivity (Wildman–Crippen MR) is 53.1 cm³/mol. The molecule has 2 nitrogen and oxygen atoms in total. The van der Waals surface area contributed by atoms with Crippen molar-refractivity contribution in [3.8, 4) is 0 Å². The van der Waals surface area contributed by atoms with Crippen LogP contribution in [0.2, 0.25) is 0 Å². The Labute approximate surface area is 94.0 Å². The van der Waals surface area contributed by atoms with Crippen molar-refractivity contribution >= 4 is 13.8 Å². The summed E-state index contributed by atoms with van der Waals surface area (Å²) in [5.41, 5.74) is 2.83. The van der Waals surface area contributed by atoms with Gasteiger partial charge in [-0.1, -0.05) is 11.6 Å². The smallest absolute Gasteiger partial charge is 1.00 e. The van der Waals surface area contributed by atoms with Crippen LogP contribution in [0.5, 0.6) is 0 Å². The van der Waals surface area contributed by atoms with Crippen LogP contribution in [0.15, 0.2) is 18.2 Å². The van der Waals surface area contributed by atoms with E-state index in [1.807, 2.05) is 26.0 Å². The van der Waals surface area contributed by atoms with Crippen molar-refractivity contribution in [3.63, 3.8) is 0 Å². The minimum atomic E-state index is -8.55. The largest absolute Gasteiger partial charge is 1.00 e. The molecule has 1 aromatic carbocycles. The Balaban J connectivity index is 0. The summed E-state index contributed by atoms with van der Waals surface area (Å²) in [6.07, 6.45) is 0. The molecule has 0 saturated carbocycles. The summed E-state index contributed by atoms with van der Waals surface area (Å²) in [4.78, 5) is 3.11. The number of halogens is 6. The van der Waals surface area contributed by atoms with E-state index in [4.69, 9.17) is 5.39 Å². The molecule has 0 saturated heterocycles. The van der Waals surface area contributed by atoms with E-state index in [-0.39, 0.29) is 4.70 Å². The SMILES string of the molecule is Cc1ccc([N+]#N)c(C)c1.FP(F)(F)(F)F.[F-]. The number of aryl methyl sites for hydroxylation is 2. The van der Waals surface area contributed by atoms with E-state index in [1.54, 1.807) is 6.07 Å². The number of benzene rings is 1. The van der Waals surface area contributed by atoms with Crippen molar-refractivity contribution in [1.29, 1.82) is 5.39 Å². The summed E-state index contributed by atoms with van der Waals surface area (Å²) in [6, 6.07) is 5.70. The zero-order chi connectivity index (χ0) is 13.0. The molecule has 0 N–H and O–H groups in total. The van der Waals surface area contributed by atoms with Gasteiger partial charge in [-0.3, -0.25) is 0 Å². The van der Waals surface area contributed by atoms with Crippen LogP contribution in [-0.2, 0) is 0 Å². The van der Waals surface area contributed by atoms with E-state index >= 15 is 0 Å². The third kappa shape index (κ3) is 12.6. The fourth-order valence-corrected chi connectivity index (χ4v) is 0.918. The van der Waals surface area contributed by atoms with Gasteiger partial charge in [-0.25, -0.2) is 0 Å². The van der Waals surface area contributed by atoms with Crippen LogP contribution < -0.4 is 4.70 Å². The minimum absolute atomic E-state index is 0. The van der Waals surface area contributed by atoms with Crippen LogP contribution >= 0.6 is 8.16 Å². The van der Waals surface area contributed by atoms with Crippen molar-refractivity contribution in [2.75, 3.05) is 0 Å². The molecule has 0 bridgehead atoms. The van der Waals surface area contributed by atoms with Crippen molar-refractivity contribution in [1.82, 2.24) is 0 Å². The molecule has 0 amide bonds. The number of diazo groups is 1. The Bertz CT molecular complexity index is 403. The normalized spacial score (nSPS) is 12.0. The topological polar surface area (TPSA) is 28.1 Å². The first kappa shape index (κ1) is 18.0. The molecule has 0 aromatic heterocycles. The maximum Gasteiger partial charge on any atom is -1.00 e.